The minimum atomic E-state index is 0.347. The Morgan fingerprint density at radius 2 is 2.24 bits per heavy atom. The molecule has 0 aromatic carbocycles. The van der Waals surface area contributed by atoms with Crippen molar-refractivity contribution in [3.05, 3.63) is 29.6 Å². The maximum absolute atomic E-state index is 6.18. The van der Waals surface area contributed by atoms with E-state index in [0.29, 0.717) is 12.1 Å². The van der Waals surface area contributed by atoms with Gasteiger partial charge in [-0.05, 0) is 38.4 Å². The molecule has 94 valence electrons. The van der Waals surface area contributed by atoms with Gasteiger partial charge < -0.3 is 5.73 Å². The van der Waals surface area contributed by atoms with Crippen molar-refractivity contribution >= 4 is 0 Å². The molecule has 0 amide bonds. The summed E-state index contributed by atoms with van der Waals surface area (Å²) < 4.78 is 0. The lowest BCUT2D eigenvalue weighted by atomic mass is 10.1. The van der Waals surface area contributed by atoms with Crippen LogP contribution in [0.4, 0.5) is 0 Å². The minimum absolute atomic E-state index is 0.347. The second-order valence-electron chi connectivity index (χ2n) is 5.00. The molecule has 1 heterocycles. The van der Waals surface area contributed by atoms with Crippen molar-refractivity contribution in [2.24, 2.45) is 5.73 Å². The highest BCUT2D eigenvalue weighted by Gasteiger charge is 2.28. The molecule has 0 bridgehead atoms. The van der Waals surface area contributed by atoms with Gasteiger partial charge in [-0.1, -0.05) is 19.4 Å². The Morgan fingerprint density at radius 1 is 1.41 bits per heavy atom. The van der Waals surface area contributed by atoms with E-state index in [-0.39, 0.29) is 0 Å². The zero-order chi connectivity index (χ0) is 12.3. The number of pyridine rings is 1. The van der Waals surface area contributed by atoms with Gasteiger partial charge in [0.1, 0.15) is 0 Å². The third-order valence-electron chi connectivity index (χ3n) is 3.72. The standard InChI is InChI=1S/C14H23N3/c1-3-17(14-9-5-8-13(14)15)10-12-7-4-6-11(2)16-12/h4,6-7,13-14H,3,5,8-10,15H2,1-2H3. The first kappa shape index (κ1) is 12.5. The van der Waals surface area contributed by atoms with E-state index in [1.54, 1.807) is 0 Å². The van der Waals surface area contributed by atoms with Gasteiger partial charge in [0.05, 0.1) is 5.69 Å². The van der Waals surface area contributed by atoms with E-state index < -0.39 is 0 Å². The van der Waals surface area contributed by atoms with Crippen LogP contribution in [0.3, 0.4) is 0 Å². The second kappa shape index (κ2) is 5.61. The van der Waals surface area contributed by atoms with E-state index >= 15 is 0 Å². The molecule has 3 heteroatoms. The van der Waals surface area contributed by atoms with Gasteiger partial charge in [0.15, 0.2) is 0 Å². The summed E-state index contributed by atoms with van der Waals surface area (Å²) in [6, 6.07) is 7.12. The first-order valence-electron chi connectivity index (χ1n) is 6.63. The SMILES string of the molecule is CCN(Cc1cccc(C)n1)C1CCCC1N. The highest BCUT2D eigenvalue weighted by Crippen LogP contribution is 2.23. The van der Waals surface area contributed by atoms with E-state index in [1.807, 2.05) is 13.0 Å². The second-order valence-corrected chi connectivity index (χ2v) is 5.00. The van der Waals surface area contributed by atoms with Crippen LogP contribution in [0.2, 0.25) is 0 Å². The summed E-state index contributed by atoms with van der Waals surface area (Å²) in [4.78, 5) is 7.05. The van der Waals surface area contributed by atoms with Gasteiger partial charge in [-0.3, -0.25) is 9.88 Å². The Labute approximate surface area is 104 Å². The molecule has 1 aromatic rings. The Bertz CT molecular complexity index is 364. The highest BCUT2D eigenvalue weighted by atomic mass is 15.2. The third kappa shape index (κ3) is 3.05. The molecule has 1 saturated carbocycles. The molecule has 0 aliphatic heterocycles. The predicted molar refractivity (Wildman–Crippen MR) is 70.7 cm³/mol. The van der Waals surface area contributed by atoms with Gasteiger partial charge in [-0.25, -0.2) is 0 Å². The molecule has 1 aromatic heterocycles. The molecule has 2 unspecified atom stereocenters. The zero-order valence-electron chi connectivity index (χ0n) is 10.9. The fourth-order valence-corrected chi connectivity index (χ4v) is 2.78. The van der Waals surface area contributed by atoms with Crippen LogP contribution in [-0.2, 0) is 6.54 Å². The molecule has 2 atom stereocenters. The van der Waals surface area contributed by atoms with Crippen LogP contribution in [0.1, 0.15) is 37.6 Å². The largest absolute Gasteiger partial charge is 0.326 e. The van der Waals surface area contributed by atoms with Crippen molar-refractivity contribution in [1.29, 1.82) is 0 Å². The quantitative estimate of drug-likeness (QED) is 0.866. The molecule has 3 nitrogen and oxygen atoms in total. The summed E-state index contributed by atoms with van der Waals surface area (Å²) in [5.41, 5.74) is 8.43. The van der Waals surface area contributed by atoms with Crippen molar-refractivity contribution < 1.29 is 0 Å². The number of aromatic nitrogens is 1. The molecule has 1 aliphatic rings. The highest BCUT2D eigenvalue weighted by molar-refractivity contribution is 5.10. The van der Waals surface area contributed by atoms with E-state index in [1.165, 1.54) is 19.3 Å². The van der Waals surface area contributed by atoms with Crippen molar-refractivity contribution in [3.63, 3.8) is 0 Å². The predicted octanol–water partition coefficient (Wildman–Crippen LogP) is 2.09. The molecule has 1 fully saturated rings. The summed E-state index contributed by atoms with van der Waals surface area (Å²) in [7, 11) is 0. The van der Waals surface area contributed by atoms with Crippen LogP contribution in [-0.4, -0.2) is 28.5 Å². The monoisotopic (exact) mass is 233 g/mol. The maximum Gasteiger partial charge on any atom is 0.0547 e. The van der Waals surface area contributed by atoms with E-state index in [9.17, 15) is 0 Å². The average Bonchev–Trinajstić information content (AvgIpc) is 2.72. The van der Waals surface area contributed by atoms with E-state index in [0.717, 1.165) is 24.5 Å². The van der Waals surface area contributed by atoms with Gasteiger partial charge in [0.25, 0.3) is 0 Å². The van der Waals surface area contributed by atoms with Crippen LogP contribution in [0.25, 0.3) is 0 Å². The van der Waals surface area contributed by atoms with Crippen molar-refractivity contribution in [2.45, 2.75) is 51.7 Å². The lowest BCUT2D eigenvalue weighted by Crippen LogP contribution is -2.44. The number of rotatable bonds is 4. The molecule has 0 radical (unpaired) electrons. The fourth-order valence-electron chi connectivity index (χ4n) is 2.78. The number of likely N-dealkylation sites (N-methyl/N-ethyl adjacent to an activating group) is 1. The maximum atomic E-state index is 6.18. The Morgan fingerprint density at radius 3 is 2.82 bits per heavy atom. The van der Waals surface area contributed by atoms with Crippen LogP contribution in [0.15, 0.2) is 18.2 Å². The van der Waals surface area contributed by atoms with Crippen molar-refractivity contribution in [1.82, 2.24) is 9.88 Å². The lowest BCUT2D eigenvalue weighted by molar-refractivity contribution is 0.184. The summed E-state index contributed by atoms with van der Waals surface area (Å²) in [5.74, 6) is 0. The minimum Gasteiger partial charge on any atom is -0.326 e. The van der Waals surface area contributed by atoms with Crippen molar-refractivity contribution in [3.8, 4) is 0 Å². The molecular weight excluding hydrogens is 210 g/mol. The molecule has 0 saturated heterocycles. The van der Waals surface area contributed by atoms with Crippen LogP contribution >= 0.6 is 0 Å². The third-order valence-corrected chi connectivity index (χ3v) is 3.72. The number of aryl methyl sites for hydroxylation is 1. The molecule has 2 rings (SSSR count). The number of nitrogens with zero attached hydrogens (tertiary/aromatic N) is 2. The smallest absolute Gasteiger partial charge is 0.0547 e. The Hall–Kier alpha value is -0.930. The van der Waals surface area contributed by atoms with Crippen LogP contribution < -0.4 is 5.73 Å². The average molecular weight is 233 g/mol. The van der Waals surface area contributed by atoms with Crippen LogP contribution in [0, 0.1) is 6.92 Å². The number of hydrogen-bond acceptors (Lipinski definition) is 3. The number of nitrogens with two attached hydrogens (primary N) is 1. The molecule has 2 N–H and O–H groups in total. The first-order valence-corrected chi connectivity index (χ1v) is 6.63. The Balaban J connectivity index is 2.04. The molecular formula is C14H23N3. The molecule has 1 aliphatic carbocycles. The normalized spacial score (nSPS) is 24.5. The lowest BCUT2D eigenvalue weighted by Gasteiger charge is -2.30. The molecule has 0 spiro atoms. The topological polar surface area (TPSA) is 42.2 Å². The van der Waals surface area contributed by atoms with Gasteiger partial charge in [0, 0.05) is 24.3 Å². The number of hydrogen-bond donors (Lipinski definition) is 1. The van der Waals surface area contributed by atoms with E-state index in [2.05, 4.69) is 28.9 Å². The summed E-state index contributed by atoms with van der Waals surface area (Å²) >= 11 is 0. The summed E-state index contributed by atoms with van der Waals surface area (Å²) in [5, 5.41) is 0. The van der Waals surface area contributed by atoms with Gasteiger partial charge in [-0.15, -0.1) is 0 Å². The fraction of sp³-hybridized carbons (Fsp3) is 0.643. The van der Waals surface area contributed by atoms with Gasteiger partial charge in [0.2, 0.25) is 0 Å². The molecule has 17 heavy (non-hydrogen) atoms. The van der Waals surface area contributed by atoms with Gasteiger partial charge >= 0.3 is 0 Å². The van der Waals surface area contributed by atoms with Crippen LogP contribution in [0.5, 0.6) is 0 Å². The Kier molecular flexibility index (Phi) is 4.13. The summed E-state index contributed by atoms with van der Waals surface area (Å²) in [6.45, 7) is 6.23. The van der Waals surface area contributed by atoms with E-state index in [4.69, 9.17) is 5.73 Å². The summed E-state index contributed by atoms with van der Waals surface area (Å²) in [6.07, 6.45) is 3.67. The van der Waals surface area contributed by atoms with Gasteiger partial charge in [-0.2, -0.15) is 0 Å². The van der Waals surface area contributed by atoms with Crippen molar-refractivity contribution in [2.75, 3.05) is 6.54 Å². The first-order chi connectivity index (χ1) is 8.20. The zero-order valence-corrected chi connectivity index (χ0v) is 10.9.